The second-order valence-corrected chi connectivity index (χ2v) is 9.82. The molecule has 7 nitrogen and oxygen atoms in total. The number of amides is 1. The Labute approximate surface area is 197 Å². The zero-order valence-corrected chi connectivity index (χ0v) is 19.5. The highest BCUT2D eigenvalue weighted by atomic mass is 19.4. The van der Waals surface area contributed by atoms with E-state index in [0.717, 1.165) is 51.0 Å². The molecule has 1 atom stereocenters. The fourth-order valence-electron chi connectivity index (χ4n) is 5.04. The third kappa shape index (κ3) is 5.60. The molecule has 2 aromatic heterocycles. The lowest BCUT2D eigenvalue weighted by Gasteiger charge is -2.47. The Kier molecular flexibility index (Phi) is 7.28. The van der Waals surface area contributed by atoms with Gasteiger partial charge in [-0.2, -0.15) is 13.2 Å². The Hall–Kier alpha value is -2.46. The van der Waals surface area contributed by atoms with Crippen molar-refractivity contribution in [2.75, 3.05) is 25.0 Å². The minimum atomic E-state index is -4.50. The van der Waals surface area contributed by atoms with Crippen LogP contribution in [0, 0.1) is 11.8 Å². The molecule has 3 N–H and O–H groups in total. The van der Waals surface area contributed by atoms with E-state index in [9.17, 15) is 23.1 Å². The number of hydrogen-bond acceptors (Lipinski definition) is 6. The van der Waals surface area contributed by atoms with E-state index in [2.05, 4.69) is 39.3 Å². The quantitative estimate of drug-likeness (QED) is 0.564. The van der Waals surface area contributed by atoms with Crippen molar-refractivity contribution < 1.29 is 23.1 Å². The van der Waals surface area contributed by atoms with E-state index in [1.807, 2.05) is 0 Å². The number of hydrogen-bond donors (Lipinski definition) is 3. The van der Waals surface area contributed by atoms with E-state index in [4.69, 9.17) is 0 Å². The molecule has 2 aromatic rings. The second kappa shape index (κ2) is 10.0. The number of fused-ring (bicyclic) bond motifs is 1. The van der Waals surface area contributed by atoms with Crippen LogP contribution in [0.15, 0.2) is 24.5 Å². The molecule has 1 amide bonds. The summed E-state index contributed by atoms with van der Waals surface area (Å²) in [5.41, 5.74) is -0.487. The van der Waals surface area contributed by atoms with Crippen molar-refractivity contribution in [3.05, 3.63) is 30.1 Å². The molecular formula is C24H32F3N5O2. The standard InChI is InChI=1S/C24H32F3N5O2/c1-14(2)22(34)15-3-5-18(6-4-15)32-12-17(13-32)31-21(33)11-30-23-19-9-16(24(25,26)27)10-29-20(19)7-8-28-23/h7-10,14-15,17-18,22,34H,3-6,11-13H2,1-2H3,(H,28,30)(H,31,33)/t15?,18?,22-/m0/s1. The number of halogens is 3. The van der Waals surface area contributed by atoms with Crippen molar-refractivity contribution in [2.24, 2.45) is 11.8 Å². The van der Waals surface area contributed by atoms with Gasteiger partial charge in [0, 0.05) is 36.9 Å². The molecule has 1 saturated carbocycles. The van der Waals surface area contributed by atoms with Gasteiger partial charge < -0.3 is 15.7 Å². The molecule has 10 heteroatoms. The number of aliphatic hydroxyl groups excluding tert-OH is 1. The summed E-state index contributed by atoms with van der Waals surface area (Å²) >= 11 is 0. The lowest BCUT2D eigenvalue weighted by Crippen LogP contribution is -2.63. The van der Waals surface area contributed by atoms with Gasteiger partial charge in [0.05, 0.1) is 29.8 Å². The normalized spacial score (nSPS) is 23.0. The predicted molar refractivity (Wildman–Crippen MR) is 123 cm³/mol. The molecule has 0 aromatic carbocycles. The molecule has 0 bridgehead atoms. The number of nitrogens with one attached hydrogen (secondary N) is 2. The number of rotatable bonds is 7. The summed E-state index contributed by atoms with van der Waals surface area (Å²) in [4.78, 5) is 22.7. The van der Waals surface area contributed by atoms with E-state index in [1.165, 1.54) is 12.3 Å². The number of pyridine rings is 2. The predicted octanol–water partition coefficient (Wildman–Crippen LogP) is 3.44. The molecule has 1 aliphatic heterocycles. The van der Waals surface area contributed by atoms with Crippen molar-refractivity contribution in [3.8, 4) is 0 Å². The number of anilines is 1. The van der Waals surface area contributed by atoms with Gasteiger partial charge in [-0.3, -0.25) is 14.7 Å². The fraction of sp³-hybridized carbons (Fsp3) is 0.625. The van der Waals surface area contributed by atoms with Gasteiger partial charge in [-0.25, -0.2) is 4.98 Å². The molecule has 34 heavy (non-hydrogen) atoms. The van der Waals surface area contributed by atoms with Crippen molar-refractivity contribution in [2.45, 2.75) is 63.9 Å². The number of likely N-dealkylation sites (tertiary alicyclic amines) is 1. The number of aliphatic hydroxyl groups is 1. The second-order valence-electron chi connectivity index (χ2n) is 9.82. The average Bonchev–Trinajstić information content (AvgIpc) is 2.78. The SMILES string of the molecule is CC(C)[C@H](O)C1CCC(N2CC(NC(=O)CNc3nccc4ncc(C(F)(F)F)cc34)C2)CC1. The fourth-order valence-corrected chi connectivity index (χ4v) is 5.04. The maximum absolute atomic E-state index is 13.0. The van der Waals surface area contributed by atoms with Gasteiger partial charge in [-0.05, 0) is 49.7 Å². The Morgan fingerprint density at radius 3 is 2.56 bits per heavy atom. The van der Waals surface area contributed by atoms with E-state index in [0.29, 0.717) is 17.5 Å². The van der Waals surface area contributed by atoms with Crippen LogP contribution in [0.3, 0.4) is 0 Å². The van der Waals surface area contributed by atoms with Crippen molar-refractivity contribution >= 4 is 22.6 Å². The van der Waals surface area contributed by atoms with Gasteiger partial charge in [0.1, 0.15) is 5.82 Å². The summed E-state index contributed by atoms with van der Waals surface area (Å²) in [7, 11) is 0. The number of carbonyl (C=O) groups is 1. The molecule has 0 radical (unpaired) electrons. The number of aromatic nitrogens is 2. The zero-order valence-electron chi connectivity index (χ0n) is 19.5. The van der Waals surface area contributed by atoms with Crippen LogP contribution in [0.2, 0.25) is 0 Å². The molecule has 1 aliphatic carbocycles. The van der Waals surface area contributed by atoms with Gasteiger partial charge in [-0.15, -0.1) is 0 Å². The summed E-state index contributed by atoms with van der Waals surface area (Å²) in [6.07, 6.45) is 1.70. The number of nitrogens with zero attached hydrogens (tertiary/aromatic N) is 3. The van der Waals surface area contributed by atoms with Crippen LogP contribution < -0.4 is 10.6 Å². The summed E-state index contributed by atoms with van der Waals surface area (Å²) < 4.78 is 39.1. The molecule has 186 valence electrons. The lowest BCUT2D eigenvalue weighted by atomic mass is 9.78. The highest BCUT2D eigenvalue weighted by molar-refractivity contribution is 5.91. The lowest BCUT2D eigenvalue weighted by molar-refractivity contribution is -0.137. The highest BCUT2D eigenvalue weighted by Crippen LogP contribution is 2.34. The molecule has 3 heterocycles. The Morgan fingerprint density at radius 1 is 1.21 bits per heavy atom. The molecule has 2 fully saturated rings. The van der Waals surface area contributed by atoms with Crippen LogP contribution in [0.25, 0.3) is 10.9 Å². The molecule has 0 unspecified atom stereocenters. The molecule has 2 aliphatic rings. The summed E-state index contributed by atoms with van der Waals surface area (Å²) in [6.45, 7) is 5.61. The summed E-state index contributed by atoms with van der Waals surface area (Å²) in [5, 5.41) is 16.4. The topological polar surface area (TPSA) is 90.4 Å². The summed E-state index contributed by atoms with van der Waals surface area (Å²) in [5.74, 6) is 0.629. The van der Waals surface area contributed by atoms with Gasteiger partial charge in [-0.1, -0.05) is 13.8 Å². The van der Waals surface area contributed by atoms with Crippen molar-refractivity contribution in [3.63, 3.8) is 0 Å². The molecular weight excluding hydrogens is 447 g/mol. The number of alkyl halides is 3. The van der Waals surface area contributed by atoms with Gasteiger partial charge in [0.2, 0.25) is 5.91 Å². The molecule has 1 saturated heterocycles. The minimum Gasteiger partial charge on any atom is -0.393 e. The molecule has 0 spiro atoms. The first kappa shape index (κ1) is 24.7. The third-order valence-corrected chi connectivity index (χ3v) is 7.05. The maximum Gasteiger partial charge on any atom is 0.417 e. The van der Waals surface area contributed by atoms with Crippen LogP contribution in [-0.4, -0.2) is 63.7 Å². The third-order valence-electron chi connectivity index (χ3n) is 7.05. The Bertz CT molecular complexity index is 1000. The average molecular weight is 480 g/mol. The largest absolute Gasteiger partial charge is 0.417 e. The van der Waals surface area contributed by atoms with Crippen LogP contribution in [0.1, 0.15) is 45.1 Å². The van der Waals surface area contributed by atoms with Crippen LogP contribution in [-0.2, 0) is 11.0 Å². The van der Waals surface area contributed by atoms with E-state index < -0.39 is 11.7 Å². The van der Waals surface area contributed by atoms with Crippen molar-refractivity contribution in [1.29, 1.82) is 0 Å². The molecule has 4 rings (SSSR count). The van der Waals surface area contributed by atoms with Gasteiger partial charge in [0.25, 0.3) is 0 Å². The number of carbonyl (C=O) groups excluding carboxylic acids is 1. The highest BCUT2D eigenvalue weighted by Gasteiger charge is 2.37. The summed E-state index contributed by atoms with van der Waals surface area (Å²) in [6, 6.07) is 3.08. The van der Waals surface area contributed by atoms with Crippen molar-refractivity contribution in [1.82, 2.24) is 20.2 Å². The zero-order chi connectivity index (χ0) is 24.5. The first-order valence-corrected chi connectivity index (χ1v) is 11.9. The Morgan fingerprint density at radius 2 is 1.91 bits per heavy atom. The van der Waals surface area contributed by atoms with Crippen LogP contribution >= 0.6 is 0 Å². The van der Waals surface area contributed by atoms with E-state index in [-0.39, 0.29) is 41.7 Å². The minimum absolute atomic E-state index is 0.0623. The van der Waals surface area contributed by atoms with Gasteiger partial charge in [0.15, 0.2) is 0 Å². The van der Waals surface area contributed by atoms with E-state index in [1.54, 1.807) is 0 Å². The van der Waals surface area contributed by atoms with Crippen LogP contribution in [0.4, 0.5) is 19.0 Å². The van der Waals surface area contributed by atoms with Gasteiger partial charge >= 0.3 is 6.18 Å². The van der Waals surface area contributed by atoms with Crippen LogP contribution in [0.5, 0.6) is 0 Å². The maximum atomic E-state index is 13.0. The smallest absolute Gasteiger partial charge is 0.393 e. The van der Waals surface area contributed by atoms with E-state index >= 15 is 0 Å². The first-order chi connectivity index (χ1) is 16.1. The monoisotopic (exact) mass is 479 g/mol. The first-order valence-electron chi connectivity index (χ1n) is 11.9. The Balaban J connectivity index is 1.24.